The van der Waals surface area contributed by atoms with Crippen molar-refractivity contribution in [3.05, 3.63) is 0 Å². The second kappa shape index (κ2) is 10.8. The fourth-order valence-electron chi connectivity index (χ4n) is 3.58. The minimum atomic E-state index is 0. The maximum atomic E-state index is 6.05. The third-order valence-corrected chi connectivity index (χ3v) is 5.26. The Morgan fingerprint density at radius 3 is 2.62 bits per heavy atom. The van der Waals surface area contributed by atoms with E-state index < -0.39 is 0 Å². The highest BCUT2D eigenvalue weighted by Crippen LogP contribution is 2.33. The number of hydrogen-bond donors (Lipinski definition) is 1. The minimum absolute atomic E-state index is 0. The van der Waals surface area contributed by atoms with Crippen molar-refractivity contribution >= 4 is 29.9 Å². The molecular weight excluding hydrogens is 417 g/mol. The molecule has 1 N–H and O–H groups in total. The highest BCUT2D eigenvalue weighted by Gasteiger charge is 2.24. The summed E-state index contributed by atoms with van der Waals surface area (Å²) in [5, 5.41) is 3.53. The number of ether oxygens (including phenoxy) is 2. The summed E-state index contributed by atoms with van der Waals surface area (Å²) < 4.78 is 11.7. The molecule has 6 heteroatoms. The van der Waals surface area contributed by atoms with Crippen LogP contribution in [0.3, 0.4) is 0 Å². The van der Waals surface area contributed by atoms with Crippen molar-refractivity contribution < 1.29 is 9.47 Å². The van der Waals surface area contributed by atoms with Crippen molar-refractivity contribution in [2.45, 2.75) is 63.6 Å². The van der Waals surface area contributed by atoms with Crippen LogP contribution in [0, 0.1) is 5.92 Å². The Morgan fingerprint density at radius 2 is 2.00 bits per heavy atom. The van der Waals surface area contributed by atoms with Gasteiger partial charge < -0.3 is 19.7 Å². The van der Waals surface area contributed by atoms with Crippen molar-refractivity contribution in [3.8, 4) is 0 Å². The van der Waals surface area contributed by atoms with Gasteiger partial charge in [-0.15, -0.1) is 24.0 Å². The lowest BCUT2D eigenvalue weighted by atomic mass is 10.1. The van der Waals surface area contributed by atoms with E-state index in [2.05, 4.69) is 15.2 Å². The lowest BCUT2D eigenvalue weighted by molar-refractivity contribution is -0.0367. The lowest BCUT2D eigenvalue weighted by Crippen LogP contribution is -2.47. The molecule has 0 radical (unpaired) electrons. The smallest absolute Gasteiger partial charge is 0.193 e. The molecule has 5 nitrogen and oxygen atoms in total. The maximum absolute atomic E-state index is 6.05. The predicted molar refractivity (Wildman–Crippen MR) is 108 cm³/mol. The van der Waals surface area contributed by atoms with Gasteiger partial charge in [-0.1, -0.05) is 12.8 Å². The van der Waals surface area contributed by atoms with Crippen LogP contribution in [-0.2, 0) is 9.47 Å². The molecule has 24 heavy (non-hydrogen) atoms. The van der Waals surface area contributed by atoms with E-state index in [1.165, 1.54) is 32.1 Å². The van der Waals surface area contributed by atoms with Gasteiger partial charge in [-0.05, 0) is 44.4 Å². The Bertz CT molecular complexity index is 376. The van der Waals surface area contributed by atoms with Crippen LogP contribution >= 0.6 is 24.0 Å². The molecule has 0 aromatic rings. The number of piperidine rings is 1. The van der Waals surface area contributed by atoms with E-state index in [0.29, 0.717) is 12.2 Å². The first-order valence-corrected chi connectivity index (χ1v) is 9.54. The molecule has 1 aliphatic carbocycles. The molecule has 3 fully saturated rings. The highest BCUT2D eigenvalue weighted by molar-refractivity contribution is 14.0. The Balaban J connectivity index is 0.00000208. The summed E-state index contributed by atoms with van der Waals surface area (Å²) in [7, 11) is 1.89. The quantitative estimate of drug-likeness (QED) is 0.280. The number of hydrogen-bond acceptors (Lipinski definition) is 3. The van der Waals surface area contributed by atoms with Gasteiger partial charge in [0.05, 0.1) is 18.8 Å². The second-order valence-corrected chi connectivity index (χ2v) is 7.21. The van der Waals surface area contributed by atoms with Crippen molar-refractivity contribution in [3.63, 3.8) is 0 Å². The van der Waals surface area contributed by atoms with Crippen LogP contribution in [0.2, 0.25) is 0 Å². The van der Waals surface area contributed by atoms with Gasteiger partial charge >= 0.3 is 0 Å². The number of guanidine groups is 1. The van der Waals surface area contributed by atoms with Gasteiger partial charge in [0.25, 0.3) is 0 Å². The van der Waals surface area contributed by atoms with Crippen LogP contribution in [-0.4, -0.2) is 63.0 Å². The average Bonchev–Trinajstić information content (AvgIpc) is 3.26. The van der Waals surface area contributed by atoms with E-state index in [-0.39, 0.29) is 24.0 Å². The van der Waals surface area contributed by atoms with Crippen molar-refractivity contribution in [2.75, 3.05) is 39.9 Å². The molecule has 2 heterocycles. The molecule has 0 bridgehead atoms. The summed E-state index contributed by atoms with van der Waals surface area (Å²) in [5.41, 5.74) is 0. The molecular formula is C18H34IN3O2. The van der Waals surface area contributed by atoms with E-state index in [0.717, 1.165) is 64.0 Å². The number of nitrogens with one attached hydrogen (secondary N) is 1. The van der Waals surface area contributed by atoms with Crippen LogP contribution in [0.1, 0.15) is 51.4 Å². The summed E-state index contributed by atoms with van der Waals surface area (Å²) >= 11 is 0. The molecule has 1 atom stereocenters. The molecule has 2 saturated heterocycles. The Labute approximate surface area is 164 Å². The molecule has 1 unspecified atom stereocenters. The van der Waals surface area contributed by atoms with Gasteiger partial charge in [0.1, 0.15) is 0 Å². The van der Waals surface area contributed by atoms with Crippen LogP contribution in [0.5, 0.6) is 0 Å². The van der Waals surface area contributed by atoms with E-state index >= 15 is 0 Å². The zero-order valence-corrected chi connectivity index (χ0v) is 17.4. The molecule has 0 spiro atoms. The lowest BCUT2D eigenvalue weighted by Gasteiger charge is -2.34. The fraction of sp³-hybridized carbons (Fsp3) is 0.944. The minimum Gasteiger partial charge on any atom is -0.376 e. The van der Waals surface area contributed by atoms with Crippen LogP contribution in [0.25, 0.3) is 0 Å². The maximum Gasteiger partial charge on any atom is 0.193 e. The summed E-state index contributed by atoms with van der Waals surface area (Å²) in [6.45, 7) is 4.82. The first kappa shape index (κ1) is 20.2. The third-order valence-electron chi connectivity index (χ3n) is 5.26. The van der Waals surface area contributed by atoms with Gasteiger partial charge in [0, 0.05) is 33.3 Å². The monoisotopic (exact) mass is 451 g/mol. The number of nitrogens with zero attached hydrogens (tertiary/aromatic N) is 2. The summed E-state index contributed by atoms with van der Waals surface area (Å²) in [5.74, 6) is 2.09. The summed E-state index contributed by atoms with van der Waals surface area (Å²) in [6.07, 6.45) is 10.8. The van der Waals surface area contributed by atoms with E-state index in [1.54, 1.807) is 0 Å². The molecule has 0 aromatic carbocycles. The van der Waals surface area contributed by atoms with Crippen molar-refractivity contribution in [1.82, 2.24) is 10.2 Å². The Kier molecular flexibility index (Phi) is 9.11. The van der Waals surface area contributed by atoms with Gasteiger partial charge in [0.2, 0.25) is 0 Å². The molecule has 3 rings (SSSR count). The zero-order valence-electron chi connectivity index (χ0n) is 15.0. The number of aliphatic imine (C=N–C) groups is 1. The van der Waals surface area contributed by atoms with E-state index in [9.17, 15) is 0 Å². The number of rotatable bonds is 7. The topological polar surface area (TPSA) is 46.1 Å². The van der Waals surface area contributed by atoms with E-state index in [4.69, 9.17) is 9.47 Å². The van der Waals surface area contributed by atoms with Crippen molar-refractivity contribution in [1.29, 1.82) is 0 Å². The van der Waals surface area contributed by atoms with Gasteiger partial charge in [-0.3, -0.25) is 4.99 Å². The SMILES string of the molecule is CN=C(NCCCC1CC1)N1CCC(OCC2CCCO2)CC1.I. The molecule has 3 aliphatic rings. The molecule has 0 amide bonds. The third kappa shape index (κ3) is 6.67. The zero-order chi connectivity index (χ0) is 15.9. The van der Waals surface area contributed by atoms with Crippen LogP contribution in [0.4, 0.5) is 0 Å². The first-order valence-electron chi connectivity index (χ1n) is 9.54. The first-order chi connectivity index (χ1) is 11.3. The Hall–Kier alpha value is -0.0800. The standard InChI is InChI=1S/C18H33N3O2.HI/c1-19-18(20-10-2-4-15-6-7-15)21-11-8-16(9-12-21)23-14-17-5-3-13-22-17;/h15-17H,2-14H2,1H3,(H,19,20);1H. The highest BCUT2D eigenvalue weighted by atomic mass is 127. The van der Waals surface area contributed by atoms with Gasteiger partial charge in [-0.2, -0.15) is 0 Å². The molecule has 1 saturated carbocycles. The molecule has 0 aromatic heterocycles. The summed E-state index contributed by atoms with van der Waals surface area (Å²) in [4.78, 5) is 6.83. The largest absolute Gasteiger partial charge is 0.376 e. The number of halogens is 1. The van der Waals surface area contributed by atoms with Gasteiger partial charge in [0.15, 0.2) is 5.96 Å². The number of likely N-dealkylation sites (tertiary alicyclic amines) is 1. The van der Waals surface area contributed by atoms with Crippen molar-refractivity contribution in [2.24, 2.45) is 10.9 Å². The second-order valence-electron chi connectivity index (χ2n) is 7.21. The predicted octanol–water partition coefficient (Wildman–Crippen LogP) is 3.03. The van der Waals surface area contributed by atoms with E-state index in [1.807, 2.05) is 7.05 Å². The normalized spacial score (nSPS) is 25.6. The van der Waals surface area contributed by atoms with Crippen LogP contribution in [0.15, 0.2) is 4.99 Å². The van der Waals surface area contributed by atoms with Crippen LogP contribution < -0.4 is 5.32 Å². The molecule has 140 valence electrons. The summed E-state index contributed by atoms with van der Waals surface area (Å²) in [6, 6.07) is 0. The average molecular weight is 451 g/mol. The Morgan fingerprint density at radius 1 is 1.21 bits per heavy atom. The fourth-order valence-corrected chi connectivity index (χ4v) is 3.58. The van der Waals surface area contributed by atoms with Gasteiger partial charge in [-0.25, -0.2) is 0 Å². The molecule has 2 aliphatic heterocycles.